The van der Waals surface area contributed by atoms with E-state index >= 15 is 0 Å². The molecule has 7 nitrogen and oxygen atoms in total. The Labute approximate surface area is 131 Å². The van der Waals surface area contributed by atoms with Gasteiger partial charge in [0.15, 0.2) is 0 Å². The predicted octanol–water partition coefficient (Wildman–Crippen LogP) is 0.851. The second-order valence-electron chi connectivity index (χ2n) is 5.15. The Bertz CT molecular complexity index is 347. The molecule has 1 unspecified atom stereocenters. The number of carboxylic acid groups (broad SMARTS) is 1. The summed E-state index contributed by atoms with van der Waals surface area (Å²) < 4.78 is 5.29. The number of amides is 1. The molecule has 0 aromatic carbocycles. The van der Waals surface area contributed by atoms with Gasteiger partial charge in [0.1, 0.15) is 11.8 Å². The van der Waals surface area contributed by atoms with Crippen LogP contribution >= 0.6 is 0 Å². The molecule has 0 rings (SSSR count). The van der Waals surface area contributed by atoms with Crippen molar-refractivity contribution in [1.29, 1.82) is 0 Å². The van der Waals surface area contributed by atoms with Gasteiger partial charge in [0, 0.05) is 32.4 Å². The summed E-state index contributed by atoms with van der Waals surface area (Å²) in [6, 6.07) is -0.830. The number of nitrogens with two attached hydrogens (primary N) is 1. The molecule has 0 aromatic heterocycles. The number of unbranched alkanes of at least 4 members (excludes halogenated alkanes) is 1. The number of nitrogens with one attached hydrogen (secondary N) is 1. The zero-order valence-corrected chi connectivity index (χ0v) is 13.3. The van der Waals surface area contributed by atoms with Crippen molar-refractivity contribution in [2.75, 3.05) is 19.8 Å². The van der Waals surface area contributed by atoms with Crippen molar-refractivity contribution in [2.45, 2.75) is 57.9 Å². The predicted molar refractivity (Wildman–Crippen MR) is 82.4 cm³/mol. The highest BCUT2D eigenvalue weighted by atomic mass is 16.5. The van der Waals surface area contributed by atoms with E-state index < -0.39 is 12.0 Å². The third-order valence-corrected chi connectivity index (χ3v) is 3.19. The van der Waals surface area contributed by atoms with Crippen LogP contribution in [0.15, 0.2) is 0 Å². The molecule has 7 heteroatoms. The van der Waals surface area contributed by atoms with Gasteiger partial charge in [-0.1, -0.05) is 6.92 Å². The van der Waals surface area contributed by atoms with E-state index in [-0.39, 0.29) is 18.1 Å². The fourth-order valence-electron chi connectivity index (χ4n) is 1.74. The first-order chi connectivity index (χ1) is 10.5. The third kappa shape index (κ3) is 12.3. The number of carbonyl (C=O) groups is 3. The molecule has 0 aliphatic rings. The Balaban J connectivity index is 3.36. The van der Waals surface area contributed by atoms with Crippen LogP contribution < -0.4 is 11.1 Å². The van der Waals surface area contributed by atoms with Crippen molar-refractivity contribution < 1.29 is 24.2 Å². The van der Waals surface area contributed by atoms with E-state index in [4.69, 9.17) is 15.6 Å². The second-order valence-corrected chi connectivity index (χ2v) is 5.15. The summed E-state index contributed by atoms with van der Waals surface area (Å²) >= 11 is 0. The van der Waals surface area contributed by atoms with Gasteiger partial charge < -0.3 is 20.9 Å². The molecule has 0 saturated heterocycles. The Morgan fingerprint density at radius 2 is 1.86 bits per heavy atom. The topological polar surface area (TPSA) is 119 Å². The van der Waals surface area contributed by atoms with Crippen molar-refractivity contribution in [3.63, 3.8) is 0 Å². The molecule has 1 atom stereocenters. The average molecular weight is 316 g/mol. The molecule has 0 aliphatic carbocycles. The van der Waals surface area contributed by atoms with Gasteiger partial charge in [-0.15, -0.1) is 0 Å². The fraction of sp³-hybridized carbons (Fsp3) is 0.800. The van der Waals surface area contributed by atoms with Crippen LogP contribution in [0.3, 0.4) is 0 Å². The largest absolute Gasteiger partial charge is 0.480 e. The summed E-state index contributed by atoms with van der Waals surface area (Å²) in [5, 5.41) is 11.3. The second kappa shape index (κ2) is 13.2. The monoisotopic (exact) mass is 316 g/mol. The summed E-state index contributed by atoms with van der Waals surface area (Å²) in [4.78, 5) is 33.0. The van der Waals surface area contributed by atoms with E-state index in [2.05, 4.69) is 5.32 Å². The van der Waals surface area contributed by atoms with Gasteiger partial charge in [0.05, 0.1) is 6.61 Å². The normalized spacial score (nSPS) is 11.9. The number of rotatable bonds is 14. The van der Waals surface area contributed by atoms with Crippen LogP contribution in [0.25, 0.3) is 0 Å². The minimum atomic E-state index is -0.998. The maximum Gasteiger partial charge on any atom is 0.320 e. The molecule has 22 heavy (non-hydrogen) atoms. The molecule has 0 aromatic rings. The molecular weight excluding hydrogens is 288 g/mol. The summed E-state index contributed by atoms with van der Waals surface area (Å²) in [6.45, 7) is 3.18. The summed E-state index contributed by atoms with van der Waals surface area (Å²) in [7, 11) is 0. The molecular formula is C15H28N2O5. The number of hydrogen-bond donors (Lipinski definition) is 3. The molecule has 0 radical (unpaired) electrons. The Morgan fingerprint density at radius 3 is 2.50 bits per heavy atom. The summed E-state index contributed by atoms with van der Waals surface area (Å²) in [5.74, 6) is -0.863. The highest BCUT2D eigenvalue weighted by Gasteiger charge is 2.10. The first-order valence-electron chi connectivity index (χ1n) is 7.81. The molecule has 0 aliphatic heterocycles. The lowest BCUT2D eigenvalue weighted by Crippen LogP contribution is -2.30. The van der Waals surface area contributed by atoms with E-state index in [1.807, 2.05) is 6.92 Å². The molecule has 0 bridgehead atoms. The van der Waals surface area contributed by atoms with E-state index in [0.29, 0.717) is 58.3 Å². The number of ether oxygens (including phenoxy) is 1. The number of Topliss-reactive ketones (excluding diaryl/α,β-unsaturated/α-hetero) is 1. The van der Waals surface area contributed by atoms with E-state index in [1.165, 1.54) is 0 Å². The van der Waals surface area contributed by atoms with Gasteiger partial charge in [-0.25, -0.2) is 0 Å². The third-order valence-electron chi connectivity index (χ3n) is 3.19. The van der Waals surface area contributed by atoms with E-state index in [1.54, 1.807) is 0 Å². The van der Waals surface area contributed by atoms with Crippen molar-refractivity contribution in [3.8, 4) is 0 Å². The first-order valence-corrected chi connectivity index (χ1v) is 7.81. The lowest BCUT2D eigenvalue weighted by atomic mass is 10.1. The SMILES string of the molecule is CCC(=O)CCCOCCC(=O)NCCCCC(N)C(=O)O. The van der Waals surface area contributed by atoms with E-state index in [0.717, 1.165) is 0 Å². The standard InChI is InChI=1S/C15H28N2O5/c1-2-12(18)6-5-10-22-11-8-14(19)17-9-4-3-7-13(16)15(20)21/h13H,2-11,16H2,1H3,(H,17,19)(H,20,21). The van der Waals surface area contributed by atoms with Gasteiger partial charge in [0.2, 0.25) is 5.91 Å². The van der Waals surface area contributed by atoms with Gasteiger partial charge in [0.25, 0.3) is 0 Å². The summed E-state index contributed by atoms with van der Waals surface area (Å²) in [5.41, 5.74) is 5.37. The van der Waals surface area contributed by atoms with Gasteiger partial charge in [-0.3, -0.25) is 14.4 Å². The molecule has 1 amide bonds. The number of carboxylic acids is 1. The Hall–Kier alpha value is -1.47. The molecule has 128 valence electrons. The van der Waals surface area contributed by atoms with E-state index in [9.17, 15) is 14.4 Å². The highest BCUT2D eigenvalue weighted by molar-refractivity contribution is 5.78. The van der Waals surface area contributed by atoms with Crippen LogP contribution in [-0.2, 0) is 19.1 Å². The zero-order chi connectivity index (χ0) is 16.8. The van der Waals surface area contributed by atoms with Gasteiger partial charge >= 0.3 is 5.97 Å². The lowest BCUT2D eigenvalue weighted by Gasteiger charge is -2.07. The molecule has 0 heterocycles. The maximum absolute atomic E-state index is 11.5. The number of ketones is 1. The molecule has 4 N–H and O–H groups in total. The van der Waals surface area contributed by atoms with Crippen LogP contribution in [-0.4, -0.2) is 48.6 Å². The maximum atomic E-state index is 11.5. The quantitative estimate of drug-likeness (QED) is 0.409. The van der Waals surface area contributed by atoms with Crippen molar-refractivity contribution in [3.05, 3.63) is 0 Å². The van der Waals surface area contributed by atoms with Crippen molar-refractivity contribution >= 4 is 17.7 Å². The highest BCUT2D eigenvalue weighted by Crippen LogP contribution is 1.99. The number of aliphatic carboxylic acids is 1. The molecule has 0 saturated carbocycles. The number of hydrogen-bond acceptors (Lipinski definition) is 5. The molecule has 0 spiro atoms. The van der Waals surface area contributed by atoms with Gasteiger partial charge in [-0.2, -0.15) is 0 Å². The number of carbonyl (C=O) groups excluding carboxylic acids is 2. The van der Waals surface area contributed by atoms with Crippen LogP contribution in [0, 0.1) is 0 Å². The van der Waals surface area contributed by atoms with Crippen molar-refractivity contribution in [1.82, 2.24) is 5.32 Å². The first kappa shape index (κ1) is 20.5. The minimum Gasteiger partial charge on any atom is -0.480 e. The Morgan fingerprint density at radius 1 is 1.14 bits per heavy atom. The van der Waals surface area contributed by atoms with Crippen molar-refractivity contribution in [2.24, 2.45) is 5.73 Å². The van der Waals surface area contributed by atoms with Crippen LogP contribution in [0.1, 0.15) is 51.9 Å². The Kier molecular flexibility index (Phi) is 12.3. The van der Waals surface area contributed by atoms with Crippen LogP contribution in [0.2, 0.25) is 0 Å². The fourth-order valence-corrected chi connectivity index (χ4v) is 1.74. The minimum absolute atomic E-state index is 0.0906. The smallest absolute Gasteiger partial charge is 0.320 e. The lowest BCUT2D eigenvalue weighted by molar-refractivity contribution is -0.138. The van der Waals surface area contributed by atoms with Gasteiger partial charge in [-0.05, 0) is 25.7 Å². The average Bonchev–Trinajstić information content (AvgIpc) is 2.49. The van der Waals surface area contributed by atoms with Crippen LogP contribution in [0.5, 0.6) is 0 Å². The molecule has 0 fully saturated rings. The van der Waals surface area contributed by atoms with Crippen LogP contribution in [0.4, 0.5) is 0 Å². The zero-order valence-electron chi connectivity index (χ0n) is 13.3. The summed E-state index contributed by atoms with van der Waals surface area (Å²) in [6.07, 6.45) is 3.84.